The molecule has 1 atom stereocenters. The molecule has 0 spiro atoms. The molecule has 0 aliphatic rings. The lowest BCUT2D eigenvalue weighted by Gasteiger charge is -2.21. The molecule has 0 saturated heterocycles. The summed E-state index contributed by atoms with van der Waals surface area (Å²) in [7, 11) is 5.12. The minimum Gasteiger partial charge on any atom is -0.497 e. The number of benzene rings is 1. The fourth-order valence-corrected chi connectivity index (χ4v) is 2.60. The molecule has 1 heterocycles. The Labute approximate surface area is 149 Å². The zero-order chi connectivity index (χ0) is 18.4. The van der Waals surface area contributed by atoms with E-state index in [-0.39, 0.29) is 11.9 Å². The first-order chi connectivity index (χ1) is 11.9. The predicted molar refractivity (Wildman–Crippen MR) is 96.8 cm³/mol. The highest BCUT2D eigenvalue weighted by molar-refractivity contribution is 5.76. The lowest BCUT2D eigenvalue weighted by atomic mass is 10.0. The standard InChI is InChI=1S/C19H27N3O3/c1-13(2)6-7-17(23)21-18(19-20-8-9-22(19)3)14-10-15(24-4)12-16(11-14)25-5/h8-13,18H,6-7H2,1-5H3,(H,21,23). The van der Waals surface area contributed by atoms with E-state index >= 15 is 0 Å². The Bertz CT molecular complexity index is 687. The van der Waals surface area contributed by atoms with Gasteiger partial charge in [-0.2, -0.15) is 0 Å². The highest BCUT2D eigenvalue weighted by Gasteiger charge is 2.22. The molecule has 0 saturated carbocycles. The Kier molecular flexibility index (Phi) is 6.44. The fourth-order valence-electron chi connectivity index (χ4n) is 2.60. The van der Waals surface area contributed by atoms with Gasteiger partial charge in [-0.15, -0.1) is 0 Å². The molecule has 1 unspecified atom stereocenters. The van der Waals surface area contributed by atoms with E-state index in [1.54, 1.807) is 26.5 Å². The van der Waals surface area contributed by atoms with Crippen molar-refractivity contribution in [3.8, 4) is 11.5 Å². The molecule has 0 aliphatic heterocycles. The number of hydrogen-bond donors (Lipinski definition) is 1. The number of nitrogens with one attached hydrogen (secondary N) is 1. The largest absolute Gasteiger partial charge is 0.497 e. The third kappa shape index (κ3) is 4.98. The van der Waals surface area contributed by atoms with Gasteiger partial charge in [-0.3, -0.25) is 4.79 Å². The third-order valence-corrected chi connectivity index (χ3v) is 4.08. The van der Waals surface area contributed by atoms with Gasteiger partial charge in [-0.25, -0.2) is 4.98 Å². The summed E-state index contributed by atoms with van der Waals surface area (Å²) in [6.45, 7) is 4.22. The number of methoxy groups -OCH3 is 2. The van der Waals surface area contributed by atoms with E-state index < -0.39 is 0 Å². The first-order valence-electron chi connectivity index (χ1n) is 8.44. The van der Waals surface area contributed by atoms with Gasteiger partial charge in [0.25, 0.3) is 0 Å². The Morgan fingerprint density at radius 2 is 1.84 bits per heavy atom. The van der Waals surface area contributed by atoms with Crippen LogP contribution in [0.15, 0.2) is 30.6 Å². The lowest BCUT2D eigenvalue weighted by Crippen LogP contribution is -2.31. The van der Waals surface area contributed by atoms with Gasteiger partial charge in [0.1, 0.15) is 23.4 Å². The average molecular weight is 345 g/mol. The SMILES string of the molecule is COc1cc(OC)cc(C(NC(=O)CCC(C)C)c2nccn2C)c1. The Morgan fingerprint density at radius 1 is 1.20 bits per heavy atom. The quantitative estimate of drug-likeness (QED) is 0.798. The Balaban J connectivity index is 2.35. The molecular weight excluding hydrogens is 318 g/mol. The third-order valence-electron chi connectivity index (χ3n) is 4.08. The first-order valence-corrected chi connectivity index (χ1v) is 8.44. The minimum absolute atomic E-state index is 0.00323. The number of nitrogens with zero attached hydrogens (tertiary/aromatic N) is 2. The van der Waals surface area contributed by atoms with Crippen LogP contribution in [0.5, 0.6) is 11.5 Å². The zero-order valence-electron chi connectivity index (χ0n) is 15.6. The molecule has 0 bridgehead atoms. The molecule has 6 heteroatoms. The van der Waals surface area contributed by atoms with E-state index in [0.29, 0.717) is 23.8 Å². The smallest absolute Gasteiger partial charge is 0.220 e. The molecule has 1 aromatic heterocycles. The van der Waals surface area contributed by atoms with Crippen molar-refractivity contribution in [3.05, 3.63) is 42.0 Å². The molecule has 25 heavy (non-hydrogen) atoms. The molecule has 1 aromatic carbocycles. The molecule has 2 aromatic rings. The van der Waals surface area contributed by atoms with E-state index in [2.05, 4.69) is 24.1 Å². The van der Waals surface area contributed by atoms with Crippen LogP contribution in [0, 0.1) is 5.92 Å². The van der Waals surface area contributed by atoms with Gasteiger partial charge < -0.3 is 19.4 Å². The minimum atomic E-state index is -0.372. The van der Waals surface area contributed by atoms with E-state index in [1.807, 2.05) is 29.9 Å². The number of carbonyl (C=O) groups is 1. The number of aromatic nitrogens is 2. The normalized spacial score (nSPS) is 12.1. The monoisotopic (exact) mass is 345 g/mol. The molecule has 0 aliphatic carbocycles. The summed E-state index contributed by atoms with van der Waals surface area (Å²) in [6.07, 6.45) is 4.92. The van der Waals surface area contributed by atoms with Gasteiger partial charge in [0, 0.05) is 31.9 Å². The van der Waals surface area contributed by atoms with E-state index in [9.17, 15) is 4.79 Å². The summed E-state index contributed by atoms with van der Waals surface area (Å²) in [5.74, 6) is 2.58. The Hall–Kier alpha value is -2.50. The molecule has 136 valence electrons. The summed E-state index contributed by atoms with van der Waals surface area (Å²) in [5.41, 5.74) is 0.864. The van der Waals surface area contributed by atoms with Crippen molar-refractivity contribution in [3.63, 3.8) is 0 Å². The molecular formula is C19H27N3O3. The highest BCUT2D eigenvalue weighted by Crippen LogP contribution is 2.29. The number of rotatable bonds is 8. The van der Waals surface area contributed by atoms with Crippen LogP contribution in [0.25, 0.3) is 0 Å². The van der Waals surface area contributed by atoms with Gasteiger partial charge in [-0.1, -0.05) is 13.8 Å². The van der Waals surface area contributed by atoms with E-state index in [4.69, 9.17) is 9.47 Å². The van der Waals surface area contributed by atoms with Crippen LogP contribution in [0.3, 0.4) is 0 Å². The van der Waals surface area contributed by atoms with Crippen molar-refractivity contribution < 1.29 is 14.3 Å². The highest BCUT2D eigenvalue weighted by atomic mass is 16.5. The van der Waals surface area contributed by atoms with Crippen molar-refractivity contribution in [2.24, 2.45) is 13.0 Å². The topological polar surface area (TPSA) is 65.4 Å². The zero-order valence-corrected chi connectivity index (χ0v) is 15.6. The maximum absolute atomic E-state index is 12.4. The molecule has 1 N–H and O–H groups in total. The van der Waals surface area contributed by atoms with Gasteiger partial charge in [0.05, 0.1) is 14.2 Å². The van der Waals surface area contributed by atoms with Crippen molar-refractivity contribution in [2.75, 3.05) is 14.2 Å². The van der Waals surface area contributed by atoms with Gasteiger partial charge in [0.2, 0.25) is 5.91 Å². The maximum Gasteiger partial charge on any atom is 0.220 e. The maximum atomic E-state index is 12.4. The van der Waals surface area contributed by atoms with Gasteiger partial charge >= 0.3 is 0 Å². The van der Waals surface area contributed by atoms with Crippen molar-refractivity contribution >= 4 is 5.91 Å². The lowest BCUT2D eigenvalue weighted by molar-refractivity contribution is -0.121. The number of imidazole rings is 1. The summed E-state index contributed by atoms with van der Waals surface area (Å²) in [4.78, 5) is 16.9. The first kappa shape index (κ1) is 18.8. The summed E-state index contributed by atoms with van der Waals surface area (Å²) in [5, 5.41) is 3.10. The molecule has 6 nitrogen and oxygen atoms in total. The number of carbonyl (C=O) groups excluding carboxylic acids is 1. The molecule has 0 radical (unpaired) electrons. The van der Waals surface area contributed by atoms with Crippen LogP contribution in [0.1, 0.15) is 44.1 Å². The Morgan fingerprint density at radius 3 is 2.32 bits per heavy atom. The number of ether oxygens (including phenoxy) is 2. The van der Waals surface area contributed by atoms with Crippen LogP contribution in [0.4, 0.5) is 0 Å². The van der Waals surface area contributed by atoms with Crippen LogP contribution in [-0.2, 0) is 11.8 Å². The van der Waals surface area contributed by atoms with Crippen molar-refractivity contribution in [2.45, 2.75) is 32.7 Å². The summed E-state index contributed by atoms with van der Waals surface area (Å²) < 4.78 is 12.6. The van der Waals surface area contributed by atoms with Crippen LogP contribution in [0.2, 0.25) is 0 Å². The van der Waals surface area contributed by atoms with Crippen LogP contribution < -0.4 is 14.8 Å². The van der Waals surface area contributed by atoms with Gasteiger partial charge in [0.15, 0.2) is 0 Å². The second kappa shape index (κ2) is 8.55. The van der Waals surface area contributed by atoms with E-state index in [1.165, 1.54) is 0 Å². The van der Waals surface area contributed by atoms with Gasteiger partial charge in [-0.05, 0) is 30.0 Å². The average Bonchev–Trinajstić information content (AvgIpc) is 3.02. The molecule has 2 rings (SSSR count). The fraction of sp³-hybridized carbons (Fsp3) is 0.474. The number of hydrogen-bond acceptors (Lipinski definition) is 4. The predicted octanol–water partition coefficient (Wildman–Crippen LogP) is 3.08. The van der Waals surface area contributed by atoms with Crippen LogP contribution >= 0.6 is 0 Å². The van der Waals surface area contributed by atoms with Crippen molar-refractivity contribution in [1.29, 1.82) is 0 Å². The number of amides is 1. The second-order valence-corrected chi connectivity index (χ2v) is 6.48. The summed E-state index contributed by atoms with van der Waals surface area (Å²) >= 11 is 0. The van der Waals surface area contributed by atoms with Crippen LogP contribution in [-0.4, -0.2) is 29.7 Å². The molecule has 1 amide bonds. The van der Waals surface area contributed by atoms with E-state index in [0.717, 1.165) is 17.8 Å². The molecule has 0 fully saturated rings. The second-order valence-electron chi connectivity index (χ2n) is 6.48. The summed E-state index contributed by atoms with van der Waals surface area (Å²) in [6, 6.07) is 5.22. The van der Waals surface area contributed by atoms with Crippen molar-refractivity contribution in [1.82, 2.24) is 14.9 Å². The number of aryl methyl sites for hydroxylation is 1.